The summed E-state index contributed by atoms with van der Waals surface area (Å²) in [6.45, 7) is 3.39. The molecule has 106 valence electrons. The molecule has 4 nitrogen and oxygen atoms in total. The number of halogens is 3. The largest absolute Gasteiger partial charge is 0.573 e. The van der Waals surface area contributed by atoms with Crippen molar-refractivity contribution < 1.29 is 27.8 Å². The van der Waals surface area contributed by atoms with E-state index in [0.717, 1.165) is 12.1 Å². The van der Waals surface area contributed by atoms with Crippen molar-refractivity contribution in [2.24, 2.45) is 5.92 Å². The SMILES string of the molecule is CC(C)C(Nc1cccc(OC(F)(F)F)c1)C(=O)O. The van der Waals surface area contributed by atoms with E-state index >= 15 is 0 Å². The monoisotopic (exact) mass is 277 g/mol. The van der Waals surface area contributed by atoms with Crippen molar-refractivity contribution >= 4 is 11.7 Å². The Balaban J connectivity index is 2.84. The van der Waals surface area contributed by atoms with E-state index in [0.29, 0.717) is 0 Å². The Hall–Kier alpha value is -1.92. The average Bonchev–Trinajstić information content (AvgIpc) is 2.23. The summed E-state index contributed by atoms with van der Waals surface area (Å²) < 4.78 is 39.9. The molecule has 19 heavy (non-hydrogen) atoms. The molecule has 0 bridgehead atoms. The molecule has 7 heteroatoms. The summed E-state index contributed by atoms with van der Waals surface area (Å²) >= 11 is 0. The summed E-state index contributed by atoms with van der Waals surface area (Å²) in [5, 5.41) is 11.6. The lowest BCUT2D eigenvalue weighted by atomic mass is 10.0. The summed E-state index contributed by atoms with van der Waals surface area (Å²) in [5.41, 5.74) is 0.253. The summed E-state index contributed by atoms with van der Waals surface area (Å²) in [6.07, 6.45) is -4.77. The van der Waals surface area contributed by atoms with E-state index in [1.807, 2.05) is 0 Å². The quantitative estimate of drug-likeness (QED) is 0.868. The summed E-state index contributed by atoms with van der Waals surface area (Å²) in [6, 6.07) is 4.18. The van der Waals surface area contributed by atoms with E-state index in [9.17, 15) is 18.0 Å². The van der Waals surface area contributed by atoms with E-state index in [1.54, 1.807) is 13.8 Å². The van der Waals surface area contributed by atoms with E-state index in [4.69, 9.17) is 5.11 Å². The van der Waals surface area contributed by atoms with Crippen LogP contribution in [0.1, 0.15) is 13.8 Å². The van der Waals surface area contributed by atoms with Crippen LogP contribution < -0.4 is 10.1 Å². The van der Waals surface area contributed by atoms with Gasteiger partial charge >= 0.3 is 12.3 Å². The molecule has 1 unspecified atom stereocenters. The lowest BCUT2D eigenvalue weighted by molar-refractivity contribution is -0.274. The smallest absolute Gasteiger partial charge is 0.480 e. The van der Waals surface area contributed by atoms with E-state index in [1.165, 1.54) is 12.1 Å². The van der Waals surface area contributed by atoms with Gasteiger partial charge in [0.1, 0.15) is 11.8 Å². The van der Waals surface area contributed by atoms with Gasteiger partial charge in [-0.2, -0.15) is 0 Å². The van der Waals surface area contributed by atoms with Crippen LogP contribution in [0, 0.1) is 5.92 Å². The minimum Gasteiger partial charge on any atom is -0.480 e. The third kappa shape index (κ3) is 5.07. The van der Waals surface area contributed by atoms with Crippen molar-refractivity contribution in [3.63, 3.8) is 0 Å². The number of carbonyl (C=O) groups is 1. The molecule has 1 atom stereocenters. The molecule has 0 aliphatic heterocycles. The average molecular weight is 277 g/mol. The molecule has 1 rings (SSSR count). The first-order valence-electron chi connectivity index (χ1n) is 5.54. The van der Waals surface area contributed by atoms with Gasteiger partial charge in [0.2, 0.25) is 0 Å². The minimum absolute atomic E-state index is 0.218. The molecule has 0 amide bonds. The Morgan fingerprint density at radius 3 is 2.47 bits per heavy atom. The topological polar surface area (TPSA) is 58.6 Å². The number of hydrogen-bond acceptors (Lipinski definition) is 3. The predicted octanol–water partition coefficient (Wildman–Crippen LogP) is 3.11. The normalized spacial score (nSPS) is 13.2. The van der Waals surface area contributed by atoms with Gasteiger partial charge in [-0.1, -0.05) is 19.9 Å². The predicted molar refractivity (Wildman–Crippen MR) is 63.0 cm³/mol. The number of benzene rings is 1. The van der Waals surface area contributed by atoms with Crippen molar-refractivity contribution in [3.8, 4) is 5.75 Å². The second-order valence-electron chi connectivity index (χ2n) is 4.28. The molecule has 0 heterocycles. The Morgan fingerprint density at radius 1 is 1.37 bits per heavy atom. The maximum Gasteiger partial charge on any atom is 0.573 e. The number of rotatable bonds is 5. The van der Waals surface area contributed by atoms with Crippen LogP contribution in [0.15, 0.2) is 24.3 Å². The van der Waals surface area contributed by atoms with Gasteiger partial charge in [-0.3, -0.25) is 0 Å². The molecule has 0 spiro atoms. The van der Waals surface area contributed by atoms with Crippen molar-refractivity contribution in [1.29, 1.82) is 0 Å². The molecule has 0 radical (unpaired) electrons. The molecular formula is C12H14F3NO3. The van der Waals surface area contributed by atoms with Crippen LogP contribution in [0.5, 0.6) is 5.75 Å². The standard InChI is InChI=1S/C12H14F3NO3/c1-7(2)10(11(17)18)16-8-4-3-5-9(6-8)19-12(13,14)15/h3-7,10,16H,1-2H3,(H,17,18). The maximum absolute atomic E-state index is 12.1. The van der Waals surface area contributed by atoms with Crippen LogP contribution >= 0.6 is 0 Å². The fourth-order valence-corrected chi connectivity index (χ4v) is 1.48. The van der Waals surface area contributed by atoms with Gasteiger partial charge in [-0.15, -0.1) is 13.2 Å². The Bertz CT molecular complexity index is 446. The first-order valence-corrected chi connectivity index (χ1v) is 5.54. The molecular weight excluding hydrogens is 263 g/mol. The Morgan fingerprint density at radius 2 is 2.00 bits per heavy atom. The highest BCUT2D eigenvalue weighted by molar-refractivity contribution is 5.77. The highest BCUT2D eigenvalue weighted by Gasteiger charge is 2.31. The van der Waals surface area contributed by atoms with E-state index < -0.39 is 24.1 Å². The third-order valence-electron chi connectivity index (χ3n) is 2.32. The molecule has 0 aliphatic carbocycles. The summed E-state index contributed by atoms with van der Waals surface area (Å²) in [7, 11) is 0. The zero-order valence-electron chi connectivity index (χ0n) is 10.4. The number of carboxylic acids is 1. The van der Waals surface area contributed by atoms with E-state index in [2.05, 4.69) is 10.1 Å². The second-order valence-corrected chi connectivity index (χ2v) is 4.28. The molecule has 0 saturated carbocycles. The summed E-state index contributed by atoms with van der Waals surface area (Å²) in [4.78, 5) is 11.0. The number of aliphatic carboxylic acids is 1. The molecule has 0 fully saturated rings. The van der Waals surface area contributed by atoms with Gasteiger partial charge in [0.05, 0.1) is 0 Å². The second kappa shape index (κ2) is 5.81. The number of carboxylic acid groups (broad SMARTS) is 1. The van der Waals surface area contributed by atoms with Gasteiger partial charge < -0.3 is 15.2 Å². The molecule has 0 aromatic heterocycles. The number of ether oxygens (including phenoxy) is 1. The molecule has 1 aromatic rings. The number of anilines is 1. The highest BCUT2D eigenvalue weighted by atomic mass is 19.4. The van der Waals surface area contributed by atoms with Gasteiger partial charge in [0.15, 0.2) is 0 Å². The highest BCUT2D eigenvalue weighted by Crippen LogP contribution is 2.25. The zero-order chi connectivity index (χ0) is 14.6. The Kier molecular flexibility index (Phi) is 4.63. The van der Waals surface area contributed by atoms with Crippen LogP contribution in [0.25, 0.3) is 0 Å². The van der Waals surface area contributed by atoms with Crippen molar-refractivity contribution in [2.75, 3.05) is 5.32 Å². The van der Waals surface area contributed by atoms with Crippen LogP contribution in [0.3, 0.4) is 0 Å². The lowest BCUT2D eigenvalue weighted by Gasteiger charge is -2.19. The number of hydrogen-bond donors (Lipinski definition) is 2. The maximum atomic E-state index is 12.1. The van der Waals surface area contributed by atoms with Gasteiger partial charge in [0.25, 0.3) is 0 Å². The van der Waals surface area contributed by atoms with Crippen molar-refractivity contribution in [3.05, 3.63) is 24.3 Å². The van der Waals surface area contributed by atoms with Gasteiger partial charge in [-0.25, -0.2) is 4.79 Å². The van der Waals surface area contributed by atoms with Crippen LogP contribution in [0.2, 0.25) is 0 Å². The number of alkyl halides is 3. The van der Waals surface area contributed by atoms with Gasteiger partial charge in [0, 0.05) is 11.8 Å². The van der Waals surface area contributed by atoms with Crippen molar-refractivity contribution in [2.45, 2.75) is 26.3 Å². The fourth-order valence-electron chi connectivity index (χ4n) is 1.48. The Labute approximate surface area is 108 Å². The molecule has 1 aromatic carbocycles. The molecule has 0 aliphatic rings. The van der Waals surface area contributed by atoms with Gasteiger partial charge in [-0.05, 0) is 18.1 Å². The lowest BCUT2D eigenvalue weighted by Crippen LogP contribution is -2.34. The van der Waals surface area contributed by atoms with Crippen LogP contribution in [0.4, 0.5) is 18.9 Å². The molecule has 0 saturated heterocycles. The number of nitrogens with one attached hydrogen (secondary N) is 1. The third-order valence-corrected chi connectivity index (χ3v) is 2.32. The van der Waals surface area contributed by atoms with Crippen LogP contribution in [-0.4, -0.2) is 23.5 Å². The first kappa shape index (κ1) is 15.1. The fraction of sp³-hybridized carbons (Fsp3) is 0.417. The zero-order valence-corrected chi connectivity index (χ0v) is 10.4. The van der Waals surface area contributed by atoms with E-state index in [-0.39, 0.29) is 11.6 Å². The first-order chi connectivity index (χ1) is 8.69. The molecule has 2 N–H and O–H groups in total. The van der Waals surface area contributed by atoms with Crippen molar-refractivity contribution in [1.82, 2.24) is 0 Å². The summed E-state index contributed by atoms with van der Waals surface area (Å²) in [5.74, 6) is -1.69. The minimum atomic E-state index is -4.77. The van der Waals surface area contributed by atoms with Crippen LogP contribution in [-0.2, 0) is 4.79 Å².